The molecule has 0 atom stereocenters. The average molecular weight is 303 g/mol. The van der Waals surface area contributed by atoms with Gasteiger partial charge in [-0.25, -0.2) is 4.39 Å². The zero-order valence-electron chi connectivity index (χ0n) is 13.2. The normalized spacial score (nSPS) is 21.7. The topological polar surface area (TPSA) is 29.1 Å². The lowest BCUT2D eigenvalue weighted by molar-refractivity contribution is -0.126. The van der Waals surface area contributed by atoms with Gasteiger partial charge in [0.2, 0.25) is 5.91 Å². The van der Waals surface area contributed by atoms with Gasteiger partial charge in [-0.1, -0.05) is 44.2 Å². The Kier molecular flexibility index (Phi) is 4.80. The molecule has 2 aliphatic carbocycles. The highest BCUT2D eigenvalue weighted by molar-refractivity contribution is 5.88. The maximum absolute atomic E-state index is 13.6. The summed E-state index contributed by atoms with van der Waals surface area (Å²) < 4.78 is 13.6. The standard InChI is InChI=1S/C19H26FNO/c20-17-10-6-9-16(13-17)19(11-4-5-12-19)18(22)21-14-15-7-2-1-3-8-15/h6,9-10,13,15H,1-5,7-8,11-12,14H2,(H,21,22). The third-order valence-electron chi connectivity index (χ3n) is 5.54. The molecule has 0 aromatic heterocycles. The lowest BCUT2D eigenvalue weighted by atomic mass is 9.77. The lowest BCUT2D eigenvalue weighted by Crippen LogP contribution is -2.44. The van der Waals surface area contributed by atoms with Crippen molar-refractivity contribution in [3.8, 4) is 0 Å². The highest BCUT2D eigenvalue weighted by Gasteiger charge is 2.42. The lowest BCUT2D eigenvalue weighted by Gasteiger charge is -2.30. The van der Waals surface area contributed by atoms with Crippen LogP contribution < -0.4 is 5.32 Å². The molecule has 3 heteroatoms. The van der Waals surface area contributed by atoms with E-state index in [0.717, 1.165) is 37.8 Å². The van der Waals surface area contributed by atoms with Gasteiger partial charge < -0.3 is 5.32 Å². The van der Waals surface area contributed by atoms with Gasteiger partial charge in [-0.05, 0) is 49.3 Å². The molecule has 2 nitrogen and oxygen atoms in total. The van der Waals surface area contributed by atoms with Crippen molar-refractivity contribution in [1.82, 2.24) is 5.32 Å². The van der Waals surface area contributed by atoms with Gasteiger partial charge in [0.05, 0.1) is 5.41 Å². The number of rotatable bonds is 4. The first-order valence-electron chi connectivity index (χ1n) is 8.75. The monoisotopic (exact) mass is 303 g/mol. The van der Waals surface area contributed by atoms with E-state index in [4.69, 9.17) is 0 Å². The Balaban J connectivity index is 1.71. The van der Waals surface area contributed by atoms with Crippen molar-refractivity contribution in [3.63, 3.8) is 0 Å². The fraction of sp³-hybridized carbons (Fsp3) is 0.632. The molecule has 3 rings (SSSR count). The average Bonchev–Trinajstić information content (AvgIpc) is 3.05. The van der Waals surface area contributed by atoms with Crippen LogP contribution in [0.3, 0.4) is 0 Å². The minimum atomic E-state index is -0.503. The molecular formula is C19H26FNO. The molecule has 0 radical (unpaired) electrons. The van der Waals surface area contributed by atoms with Gasteiger partial charge in [-0.3, -0.25) is 4.79 Å². The molecule has 2 saturated carbocycles. The van der Waals surface area contributed by atoms with Crippen LogP contribution in [0.15, 0.2) is 24.3 Å². The number of amides is 1. The SMILES string of the molecule is O=C(NCC1CCCCC1)C1(c2cccc(F)c2)CCCC1. The van der Waals surface area contributed by atoms with Crippen LogP contribution in [0.1, 0.15) is 63.4 Å². The first-order valence-corrected chi connectivity index (χ1v) is 8.75. The van der Waals surface area contributed by atoms with Crippen molar-refractivity contribution >= 4 is 5.91 Å². The van der Waals surface area contributed by atoms with E-state index in [2.05, 4.69) is 5.32 Å². The van der Waals surface area contributed by atoms with Gasteiger partial charge in [-0.2, -0.15) is 0 Å². The number of halogens is 1. The minimum Gasteiger partial charge on any atom is -0.355 e. The second kappa shape index (κ2) is 6.80. The van der Waals surface area contributed by atoms with Crippen LogP contribution in [0.2, 0.25) is 0 Å². The first kappa shape index (κ1) is 15.5. The third-order valence-corrected chi connectivity index (χ3v) is 5.54. The van der Waals surface area contributed by atoms with E-state index in [9.17, 15) is 9.18 Å². The third kappa shape index (κ3) is 3.18. The zero-order valence-corrected chi connectivity index (χ0v) is 13.2. The largest absolute Gasteiger partial charge is 0.355 e. The summed E-state index contributed by atoms with van der Waals surface area (Å²) >= 11 is 0. The molecule has 1 aromatic carbocycles. The van der Waals surface area contributed by atoms with Gasteiger partial charge in [0.15, 0.2) is 0 Å². The second-order valence-electron chi connectivity index (χ2n) is 7.01. The maximum Gasteiger partial charge on any atom is 0.230 e. The van der Waals surface area contributed by atoms with Crippen molar-refractivity contribution < 1.29 is 9.18 Å². The van der Waals surface area contributed by atoms with Crippen LogP contribution in [-0.2, 0) is 10.2 Å². The van der Waals surface area contributed by atoms with Gasteiger partial charge in [0.1, 0.15) is 5.82 Å². The summed E-state index contributed by atoms with van der Waals surface area (Å²) in [7, 11) is 0. The second-order valence-corrected chi connectivity index (χ2v) is 7.01. The number of hydrogen-bond donors (Lipinski definition) is 1. The molecule has 22 heavy (non-hydrogen) atoms. The van der Waals surface area contributed by atoms with E-state index in [0.29, 0.717) is 5.92 Å². The molecule has 0 saturated heterocycles. The molecule has 1 aromatic rings. The molecule has 1 amide bonds. The molecule has 120 valence electrons. The Hall–Kier alpha value is -1.38. The molecule has 0 heterocycles. The summed E-state index contributed by atoms with van der Waals surface area (Å²) in [5, 5.41) is 3.19. The van der Waals surface area contributed by atoms with Crippen molar-refractivity contribution in [1.29, 1.82) is 0 Å². The summed E-state index contributed by atoms with van der Waals surface area (Å²) in [5.74, 6) is 0.494. The molecule has 1 N–H and O–H groups in total. The number of benzene rings is 1. The van der Waals surface area contributed by atoms with E-state index in [1.165, 1.54) is 38.2 Å². The van der Waals surface area contributed by atoms with Gasteiger partial charge in [0.25, 0.3) is 0 Å². The number of nitrogens with one attached hydrogen (secondary N) is 1. The van der Waals surface area contributed by atoms with E-state index >= 15 is 0 Å². The van der Waals surface area contributed by atoms with Crippen LogP contribution in [0.25, 0.3) is 0 Å². The van der Waals surface area contributed by atoms with E-state index in [-0.39, 0.29) is 11.7 Å². The van der Waals surface area contributed by atoms with Gasteiger partial charge in [-0.15, -0.1) is 0 Å². The van der Waals surface area contributed by atoms with Crippen LogP contribution in [0.4, 0.5) is 4.39 Å². The Morgan fingerprint density at radius 3 is 2.55 bits per heavy atom. The van der Waals surface area contributed by atoms with Crippen molar-refractivity contribution in [2.75, 3.05) is 6.54 Å². The Bertz CT molecular complexity index is 516. The molecule has 0 bridgehead atoms. The minimum absolute atomic E-state index is 0.112. The predicted molar refractivity (Wildman–Crippen MR) is 86.1 cm³/mol. The van der Waals surface area contributed by atoms with E-state index in [1.54, 1.807) is 12.1 Å². The molecule has 2 fully saturated rings. The van der Waals surface area contributed by atoms with Gasteiger partial charge in [0, 0.05) is 6.54 Å². The smallest absolute Gasteiger partial charge is 0.230 e. The van der Waals surface area contributed by atoms with Crippen LogP contribution in [-0.4, -0.2) is 12.5 Å². The first-order chi connectivity index (χ1) is 10.7. The van der Waals surface area contributed by atoms with Crippen molar-refractivity contribution in [3.05, 3.63) is 35.6 Å². The van der Waals surface area contributed by atoms with Crippen molar-refractivity contribution in [2.24, 2.45) is 5.92 Å². The van der Waals surface area contributed by atoms with Crippen LogP contribution >= 0.6 is 0 Å². The molecule has 0 spiro atoms. The van der Waals surface area contributed by atoms with E-state index < -0.39 is 5.41 Å². The quantitative estimate of drug-likeness (QED) is 0.881. The number of carbonyl (C=O) groups excluding carboxylic acids is 1. The number of carbonyl (C=O) groups is 1. The molecule has 2 aliphatic rings. The van der Waals surface area contributed by atoms with Crippen LogP contribution in [0, 0.1) is 11.7 Å². The number of hydrogen-bond acceptors (Lipinski definition) is 1. The van der Waals surface area contributed by atoms with Gasteiger partial charge >= 0.3 is 0 Å². The fourth-order valence-corrected chi connectivity index (χ4v) is 4.21. The summed E-state index contributed by atoms with van der Waals surface area (Å²) in [6.07, 6.45) is 10.1. The summed E-state index contributed by atoms with van der Waals surface area (Å²) in [4.78, 5) is 12.9. The molecular weight excluding hydrogens is 277 g/mol. The summed E-state index contributed by atoms with van der Waals surface area (Å²) in [5.41, 5.74) is 0.350. The Morgan fingerprint density at radius 2 is 1.86 bits per heavy atom. The summed E-state index contributed by atoms with van der Waals surface area (Å²) in [6, 6.07) is 6.63. The zero-order chi connectivity index (χ0) is 15.4. The van der Waals surface area contributed by atoms with Crippen LogP contribution in [0.5, 0.6) is 0 Å². The maximum atomic E-state index is 13.6. The Morgan fingerprint density at radius 1 is 1.14 bits per heavy atom. The van der Waals surface area contributed by atoms with E-state index in [1.807, 2.05) is 6.07 Å². The highest BCUT2D eigenvalue weighted by atomic mass is 19.1. The molecule has 0 aliphatic heterocycles. The summed E-state index contributed by atoms with van der Waals surface area (Å²) in [6.45, 7) is 0.788. The molecule has 0 unspecified atom stereocenters. The fourth-order valence-electron chi connectivity index (χ4n) is 4.21. The highest BCUT2D eigenvalue weighted by Crippen LogP contribution is 2.41. The van der Waals surface area contributed by atoms with Crippen molar-refractivity contribution in [2.45, 2.75) is 63.2 Å². The Labute approximate surface area is 132 Å². The predicted octanol–water partition coefficient (Wildman–Crippen LogP) is 4.33.